The molecule has 1 fully saturated rings. The van der Waals surface area contributed by atoms with E-state index in [-0.39, 0.29) is 12.3 Å². The Morgan fingerprint density at radius 2 is 1.82 bits per heavy atom. The van der Waals surface area contributed by atoms with Crippen LogP contribution in [-0.4, -0.2) is 34.1 Å². The first-order valence-electron chi connectivity index (χ1n) is 11.0. The molecule has 2 amide bonds. The lowest BCUT2D eigenvalue weighted by Gasteiger charge is -2.17. The van der Waals surface area contributed by atoms with E-state index in [4.69, 9.17) is 16.3 Å². The molecule has 1 unspecified atom stereocenters. The predicted octanol–water partition coefficient (Wildman–Crippen LogP) is 5.82. The molecule has 0 aliphatic carbocycles. The maximum absolute atomic E-state index is 12.6. The summed E-state index contributed by atoms with van der Waals surface area (Å²) in [6.45, 7) is 3.73. The summed E-state index contributed by atoms with van der Waals surface area (Å²) >= 11 is 6.22. The molecule has 0 spiro atoms. The Morgan fingerprint density at radius 3 is 2.64 bits per heavy atom. The fourth-order valence-electron chi connectivity index (χ4n) is 4.57. The third kappa shape index (κ3) is 4.14. The van der Waals surface area contributed by atoms with Crippen molar-refractivity contribution >= 4 is 51.1 Å². The number of anilines is 1. The Labute approximate surface area is 196 Å². The molecule has 1 aliphatic heterocycles. The number of ether oxygens (including phenoxy) is 1. The SMILES string of the molecule is CCn1c2ccccc2c2cc(NC(=O)OC3CC(=O)N(Cc4ccccc4Cl)C3)ccc21. The highest BCUT2D eigenvalue weighted by Crippen LogP contribution is 2.31. The second kappa shape index (κ2) is 8.79. The number of likely N-dealkylation sites (tertiary alicyclic amines) is 1. The first kappa shape index (κ1) is 21.3. The fourth-order valence-corrected chi connectivity index (χ4v) is 4.77. The maximum Gasteiger partial charge on any atom is 0.411 e. The van der Waals surface area contributed by atoms with Crippen LogP contribution in [0.1, 0.15) is 18.9 Å². The van der Waals surface area contributed by atoms with E-state index in [1.54, 1.807) is 11.0 Å². The van der Waals surface area contributed by atoms with Crippen LogP contribution < -0.4 is 5.32 Å². The van der Waals surface area contributed by atoms with Crippen molar-refractivity contribution in [1.82, 2.24) is 9.47 Å². The Kier molecular flexibility index (Phi) is 5.68. The number of hydrogen-bond donors (Lipinski definition) is 1. The second-order valence-electron chi connectivity index (χ2n) is 8.22. The van der Waals surface area contributed by atoms with E-state index in [0.717, 1.165) is 33.9 Å². The van der Waals surface area contributed by atoms with Crippen LogP contribution in [0.15, 0.2) is 66.7 Å². The van der Waals surface area contributed by atoms with Crippen LogP contribution in [0.3, 0.4) is 0 Å². The summed E-state index contributed by atoms with van der Waals surface area (Å²) < 4.78 is 7.81. The monoisotopic (exact) mass is 461 g/mol. The number of carbonyl (C=O) groups is 2. The molecule has 0 saturated carbocycles. The Hall–Kier alpha value is -3.51. The van der Waals surface area contributed by atoms with Gasteiger partial charge in [0.1, 0.15) is 6.10 Å². The largest absolute Gasteiger partial charge is 0.444 e. The predicted molar refractivity (Wildman–Crippen MR) is 130 cm³/mol. The minimum Gasteiger partial charge on any atom is -0.444 e. The number of fused-ring (bicyclic) bond motifs is 3. The highest BCUT2D eigenvalue weighted by Gasteiger charge is 2.32. The van der Waals surface area contributed by atoms with Gasteiger partial charge in [-0.2, -0.15) is 0 Å². The van der Waals surface area contributed by atoms with Gasteiger partial charge in [-0.1, -0.05) is 48.0 Å². The molecule has 1 aromatic heterocycles. The number of amides is 2. The third-order valence-electron chi connectivity index (χ3n) is 6.11. The van der Waals surface area contributed by atoms with Gasteiger partial charge in [0.05, 0.1) is 13.0 Å². The van der Waals surface area contributed by atoms with E-state index < -0.39 is 12.2 Å². The van der Waals surface area contributed by atoms with Crippen LogP contribution >= 0.6 is 11.6 Å². The van der Waals surface area contributed by atoms with E-state index in [0.29, 0.717) is 23.8 Å². The lowest BCUT2D eigenvalue weighted by atomic mass is 10.1. The number of carbonyl (C=O) groups excluding carboxylic acids is 2. The van der Waals surface area contributed by atoms with Gasteiger partial charge in [-0.05, 0) is 42.8 Å². The van der Waals surface area contributed by atoms with E-state index in [1.165, 1.54) is 0 Å². The van der Waals surface area contributed by atoms with E-state index in [9.17, 15) is 9.59 Å². The van der Waals surface area contributed by atoms with Crippen molar-refractivity contribution in [2.24, 2.45) is 0 Å². The van der Waals surface area contributed by atoms with Crippen LogP contribution in [0.5, 0.6) is 0 Å². The fraction of sp³-hybridized carbons (Fsp3) is 0.231. The van der Waals surface area contributed by atoms with Gasteiger partial charge in [0.15, 0.2) is 0 Å². The van der Waals surface area contributed by atoms with Crippen LogP contribution in [0.4, 0.5) is 10.5 Å². The number of halogens is 1. The minimum absolute atomic E-state index is 0.0542. The van der Waals surface area contributed by atoms with Crippen LogP contribution in [0.2, 0.25) is 5.02 Å². The number of aromatic nitrogens is 1. The molecule has 5 rings (SSSR count). The van der Waals surface area contributed by atoms with Crippen molar-refractivity contribution in [2.45, 2.75) is 32.5 Å². The first-order valence-corrected chi connectivity index (χ1v) is 11.4. The number of rotatable bonds is 5. The zero-order valence-corrected chi connectivity index (χ0v) is 19.0. The van der Waals surface area contributed by atoms with Gasteiger partial charge < -0.3 is 14.2 Å². The summed E-state index contributed by atoms with van der Waals surface area (Å²) in [5.74, 6) is -0.0542. The van der Waals surface area contributed by atoms with Crippen LogP contribution in [-0.2, 0) is 22.6 Å². The van der Waals surface area contributed by atoms with Crippen molar-refractivity contribution in [3.8, 4) is 0 Å². The number of para-hydroxylation sites is 1. The summed E-state index contributed by atoms with van der Waals surface area (Å²) in [7, 11) is 0. The van der Waals surface area contributed by atoms with Crippen molar-refractivity contribution in [1.29, 1.82) is 0 Å². The van der Waals surface area contributed by atoms with Gasteiger partial charge in [0, 0.05) is 45.6 Å². The summed E-state index contributed by atoms with van der Waals surface area (Å²) in [5.41, 5.74) is 3.81. The Bertz CT molecular complexity index is 1360. The molecule has 6 nitrogen and oxygen atoms in total. The quantitative estimate of drug-likeness (QED) is 0.407. The molecule has 1 atom stereocenters. The normalized spacial score (nSPS) is 16.0. The van der Waals surface area contributed by atoms with E-state index in [1.807, 2.05) is 48.5 Å². The molecule has 7 heteroatoms. The standard InChI is InChI=1S/C26H24ClN3O3/c1-2-30-23-10-6-4-8-20(23)21-13-18(11-12-24(21)30)28-26(32)33-19-14-25(31)29(16-19)15-17-7-3-5-9-22(17)27/h3-13,19H,2,14-16H2,1H3,(H,28,32). The highest BCUT2D eigenvalue weighted by molar-refractivity contribution is 6.31. The average molecular weight is 462 g/mol. The molecular formula is C26H24ClN3O3. The van der Waals surface area contributed by atoms with E-state index >= 15 is 0 Å². The first-order chi connectivity index (χ1) is 16.0. The van der Waals surface area contributed by atoms with Crippen LogP contribution in [0.25, 0.3) is 21.8 Å². The molecule has 33 heavy (non-hydrogen) atoms. The number of aryl methyl sites for hydroxylation is 1. The van der Waals surface area contributed by atoms with E-state index in [2.05, 4.69) is 28.9 Å². The summed E-state index contributed by atoms with van der Waals surface area (Å²) in [4.78, 5) is 26.6. The summed E-state index contributed by atoms with van der Waals surface area (Å²) in [5, 5.41) is 5.66. The molecular weight excluding hydrogens is 438 g/mol. The molecule has 168 valence electrons. The molecule has 1 N–H and O–H groups in total. The molecule has 4 aromatic rings. The van der Waals surface area contributed by atoms with Crippen molar-refractivity contribution in [3.05, 3.63) is 77.3 Å². The Balaban J connectivity index is 1.27. The van der Waals surface area contributed by atoms with Crippen molar-refractivity contribution in [3.63, 3.8) is 0 Å². The van der Waals surface area contributed by atoms with Gasteiger partial charge in [0.2, 0.25) is 5.91 Å². The van der Waals surface area contributed by atoms with Crippen LogP contribution in [0, 0.1) is 0 Å². The maximum atomic E-state index is 12.6. The second-order valence-corrected chi connectivity index (χ2v) is 8.62. The van der Waals surface area contributed by atoms with Crippen molar-refractivity contribution < 1.29 is 14.3 Å². The van der Waals surface area contributed by atoms with Crippen molar-refractivity contribution in [2.75, 3.05) is 11.9 Å². The molecule has 0 radical (unpaired) electrons. The topological polar surface area (TPSA) is 63.6 Å². The smallest absolute Gasteiger partial charge is 0.411 e. The van der Waals surface area contributed by atoms with Gasteiger partial charge >= 0.3 is 6.09 Å². The third-order valence-corrected chi connectivity index (χ3v) is 6.48. The number of hydrogen-bond acceptors (Lipinski definition) is 3. The van der Waals surface area contributed by atoms with Gasteiger partial charge in [-0.25, -0.2) is 4.79 Å². The number of nitrogens with zero attached hydrogens (tertiary/aromatic N) is 2. The molecule has 0 bridgehead atoms. The Morgan fingerprint density at radius 1 is 1.06 bits per heavy atom. The molecule has 2 heterocycles. The molecule has 1 saturated heterocycles. The lowest BCUT2D eigenvalue weighted by molar-refractivity contribution is -0.128. The average Bonchev–Trinajstić information content (AvgIpc) is 3.31. The summed E-state index contributed by atoms with van der Waals surface area (Å²) in [6.07, 6.45) is -0.891. The lowest BCUT2D eigenvalue weighted by Crippen LogP contribution is -2.28. The van der Waals surface area contributed by atoms with Gasteiger partial charge in [-0.3, -0.25) is 10.1 Å². The summed E-state index contributed by atoms with van der Waals surface area (Å²) in [6, 6.07) is 21.5. The minimum atomic E-state index is -0.564. The highest BCUT2D eigenvalue weighted by atomic mass is 35.5. The zero-order chi connectivity index (χ0) is 22.9. The van der Waals surface area contributed by atoms with Gasteiger partial charge in [-0.15, -0.1) is 0 Å². The number of nitrogens with one attached hydrogen (secondary N) is 1. The number of benzene rings is 3. The molecule has 1 aliphatic rings. The zero-order valence-electron chi connectivity index (χ0n) is 18.3. The molecule has 3 aromatic carbocycles. The van der Waals surface area contributed by atoms with Gasteiger partial charge in [0.25, 0.3) is 0 Å².